The molecule has 0 aliphatic heterocycles. The lowest BCUT2D eigenvalue weighted by molar-refractivity contribution is -0.116. The third-order valence-corrected chi connectivity index (χ3v) is 4.13. The summed E-state index contributed by atoms with van der Waals surface area (Å²) in [5.41, 5.74) is 2.58. The monoisotopic (exact) mass is 382 g/mol. The minimum atomic E-state index is -0.523. The fourth-order valence-corrected chi connectivity index (χ4v) is 2.73. The predicted octanol–water partition coefficient (Wildman–Crippen LogP) is 4.86. The lowest BCUT2D eigenvalue weighted by atomic mass is 10.0. The van der Waals surface area contributed by atoms with E-state index in [4.69, 9.17) is 4.74 Å². The maximum absolute atomic E-state index is 12.4. The minimum absolute atomic E-state index is 0.0573. The standard InChI is InChI=1S/C23H30N2O3/c1-23(2,3)28-22(27)25(4)16-10-15-21(26)24-20-14-9-8-13-19(20)17-18-11-6-5-7-12-18/h5-9,11-14H,10,15-17H2,1-4H3,(H,24,26). The van der Waals surface area contributed by atoms with Gasteiger partial charge in [-0.05, 0) is 50.8 Å². The quantitative estimate of drug-likeness (QED) is 0.744. The van der Waals surface area contributed by atoms with Crippen LogP contribution in [0.2, 0.25) is 0 Å². The zero-order chi connectivity index (χ0) is 20.6. The van der Waals surface area contributed by atoms with Crippen molar-refractivity contribution in [3.8, 4) is 0 Å². The number of hydrogen-bond donors (Lipinski definition) is 1. The molecule has 0 fully saturated rings. The van der Waals surface area contributed by atoms with Crippen molar-refractivity contribution in [2.45, 2.75) is 45.6 Å². The van der Waals surface area contributed by atoms with Gasteiger partial charge in [-0.2, -0.15) is 0 Å². The first kappa shape index (κ1) is 21.5. The summed E-state index contributed by atoms with van der Waals surface area (Å²) in [4.78, 5) is 25.8. The number of carbonyl (C=O) groups is 2. The number of ether oxygens (including phenoxy) is 1. The molecule has 2 aromatic rings. The summed E-state index contributed by atoms with van der Waals surface area (Å²) in [6, 6.07) is 18.0. The molecule has 1 N–H and O–H groups in total. The highest BCUT2D eigenvalue weighted by Gasteiger charge is 2.19. The van der Waals surface area contributed by atoms with Crippen LogP contribution < -0.4 is 5.32 Å². The van der Waals surface area contributed by atoms with Gasteiger partial charge in [-0.25, -0.2) is 4.79 Å². The Morgan fingerprint density at radius 1 is 1.00 bits per heavy atom. The molecule has 0 unspecified atom stereocenters. The first-order valence-corrected chi connectivity index (χ1v) is 9.60. The summed E-state index contributed by atoms with van der Waals surface area (Å²) >= 11 is 0. The zero-order valence-corrected chi connectivity index (χ0v) is 17.2. The summed E-state index contributed by atoms with van der Waals surface area (Å²) in [5.74, 6) is -0.0573. The molecule has 0 aromatic heterocycles. The lowest BCUT2D eigenvalue weighted by Crippen LogP contribution is -2.35. The number of carbonyl (C=O) groups excluding carboxylic acids is 2. The fraction of sp³-hybridized carbons (Fsp3) is 0.391. The van der Waals surface area contributed by atoms with Crippen LogP contribution in [-0.4, -0.2) is 36.1 Å². The Bertz CT molecular complexity index is 782. The number of nitrogens with one attached hydrogen (secondary N) is 1. The van der Waals surface area contributed by atoms with Crippen LogP contribution in [0.15, 0.2) is 54.6 Å². The van der Waals surface area contributed by atoms with Crippen molar-refractivity contribution in [3.63, 3.8) is 0 Å². The van der Waals surface area contributed by atoms with E-state index in [1.54, 1.807) is 7.05 Å². The first-order chi connectivity index (χ1) is 13.2. The topological polar surface area (TPSA) is 58.6 Å². The normalized spacial score (nSPS) is 11.0. The molecule has 0 saturated carbocycles. The number of anilines is 1. The smallest absolute Gasteiger partial charge is 0.410 e. The number of amides is 2. The Hall–Kier alpha value is -2.82. The highest BCUT2D eigenvalue weighted by atomic mass is 16.6. The second-order valence-electron chi connectivity index (χ2n) is 7.87. The van der Waals surface area contributed by atoms with Crippen LogP contribution in [0.25, 0.3) is 0 Å². The van der Waals surface area contributed by atoms with Crippen molar-refractivity contribution in [1.29, 1.82) is 0 Å². The number of para-hydroxylation sites is 1. The fourth-order valence-electron chi connectivity index (χ4n) is 2.73. The average molecular weight is 383 g/mol. The molecular formula is C23H30N2O3. The molecule has 0 bridgehead atoms. The second-order valence-corrected chi connectivity index (χ2v) is 7.87. The van der Waals surface area contributed by atoms with Crippen LogP contribution in [0.1, 0.15) is 44.7 Å². The van der Waals surface area contributed by atoms with E-state index in [0.29, 0.717) is 19.4 Å². The van der Waals surface area contributed by atoms with Gasteiger partial charge in [0.1, 0.15) is 5.60 Å². The van der Waals surface area contributed by atoms with Crippen molar-refractivity contribution in [1.82, 2.24) is 4.90 Å². The van der Waals surface area contributed by atoms with Crippen LogP contribution in [0.4, 0.5) is 10.5 Å². The summed E-state index contributed by atoms with van der Waals surface area (Å²) < 4.78 is 5.31. The summed E-state index contributed by atoms with van der Waals surface area (Å²) in [7, 11) is 1.68. The number of nitrogens with zero attached hydrogens (tertiary/aromatic N) is 1. The number of benzene rings is 2. The highest BCUT2D eigenvalue weighted by Crippen LogP contribution is 2.19. The van der Waals surface area contributed by atoms with E-state index in [-0.39, 0.29) is 12.0 Å². The molecule has 150 valence electrons. The van der Waals surface area contributed by atoms with Crippen molar-refractivity contribution in [2.24, 2.45) is 0 Å². The van der Waals surface area contributed by atoms with E-state index in [0.717, 1.165) is 17.7 Å². The van der Waals surface area contributed by atoms with Gasteiger partial charge in [0.25, 0.3) is 0 Å². The van der Waals surface area contributed by atoms with Crippen LogP contribution in [0.3, 0.4) is 0 Å². The Balaban J connectivity index is 1.84. The van der Waals surface area contributed by atoms with Gasteiger partial charge in [0, 0.05) is 25.7 Å². The molecule has 0 spiro atoms. The van der Waals surface area contributed by atoms with E-state index < -0.39 is 5.60 Å². The molecule has 0 aliphatic carbocycles. The van der Waals surface area contributed by atoms with Gasteiger partial charge in [0.2, 0.25) is 5.91 Å². The molecule has 2 amide bonds. The second kappa shape index (κ2) is 9.93. The Labute approximate surface area is 167 Å². The van der Waals surface area contributed by atoms with E-state index in [9.17, 15) is 9.59 Å². The molecule has 5 heteroatoms. The molecule has 0 saturated heterocycles. The Morgan fingerprint density at radius 2 is 1.64 bits per heavy atom. The van der Waals surface area contributed by atoms with E-state index in [1.807, 2.05) is 63.2 Å². The summed E-state index contributed by atoms with van der Waals surface area (Å²) in [5, 5.41) is 3.00. The molecule has 0 heterocycles. The predicted molar refractivity (Wildman–Crippen MR) is 112 cm³/mol. The first-order valence-electron chi connectivity index (χ1n) is 9.60. The molecule has 0 radical (unpaired) electrons. The Kier molecular flexibility index (Phi) is 7.61. The third kappa shape index (κ3) is 7.43. The van der Waals surface area contributed by atoms with Crippen LogP contribution >= 0.6 is 0 Å². The van der Waals surface area contributed by atoms with Gasteiger partial charge in [-0.3, -0.25) is 4.79 Å². The van der Waals surface area contributed by atoms with Crippen molar-refractivity contribution in [3.05, 3.63) is 65.7 Å². The number of hydrogen-bond acceptors (Lipinski definition) is 3. The largest absolute Gasteiger partial charge is 0.444 e. The van der Waals surface area contributed by atoms with E-state index in [2.05, 4.69) is 17.4 Å². The Morgan fingerprint density at radius 3 is 2.32 bits per heavy atom. The molecule has 0 atom stereocenters. The number of rotatable bonds is 7. The van der Waals surface area contributed by atoms with Gasteiger partial charge in [-0.1, -0.05) is 48.5 Å². The summed E-state index contributed by atoms with van der Waals surface area (Å²) in [6.45, 7) is 5.96. The van der Waals surface area contributed by atoms with Crippen LogP contribution in [-0.2, 0) is 16.0 Å². The van der Waals surface area contributed by atoms with Gasteiger partial charge < -0.3 is 15.0 Å². The van der Waals surface area contributed by atoms with Gasteiger partial charge >= 0.3 is 6.09 Å². The van der Waals surface area contributed by atoms with Crippen molar-refractivity contribution < 1.29 is 14.3 Å². The van der Waals surface area contributed by atoms with Crippen LogP contribution in [0, 0.1) is 0 Å². The van der Waals surface area contributed by atoms with Crippen molar-refractivity contribution >= 4 is 17.7 Å². The molecule has 2 rings (SSSR count). The molecule has 28 heavy (non-hydrogen) atoms. The average Bonchev–Trinajstić information content (AvgIpc) is 2.62. The SMILES string of the molecule is CN(CCCC(=O)Nc1ccccc1Cc1ccccc1)C(=O)OC(C)(C)C. The molecule has 0 aliphatic rings. The summed E-state index contributed by atoms with van der Waals surface area (Å²) in [6.07, 6.45) is 1.30. The zero-order valence-electron chi connectivity index (χ0n) is 17.2. The van der Waals surface area contributed by atoms with Crippen molar-refractivity contribution in [2.75, 3.05) is 18.9 Å². The maximum atomic E-state index is 12.4. The van der Waals surface area contributed by atoms with E-state index in [1.165, 1.54) is 10.5 Å². The maximum Gasteiger partial charge on any atom is 0.410 e. The van der Waals surface area contributed by atoms with Gasteiger partial charge in [-0.15, -0.1) is 0 Å². The highest BCUT2D eigenvalue weighted by molar-refractivity contribution is 5.91. The van der Waals surface area contributed by atoms with Gasteiger partial charge in [0.15, 0.2) is 0 Å². The van der Waals surface area contributed by atoms with Crippen LogP contribution in [0.5, 0.6) is 0 Å². The third-order valence-electron chi connectivity index (χ3n) is 4.13. The van der Waals surface area contributed by atoms with E-state index >= 15 is 0 Å². The molecule has 5 nitrogen and oxygen atoms in total. The lowest BCUT2D eigenvalue weighted by Gasteiger charge is -2.24. The van der Waals surface area contributed by atoms with Gasteiger partial charge in [0.05, 0.1) is 0 Å². The minimum Gasteiger partial charge on any atom is -0.444 e. The molecule has 2 aromatic carbocycles. The molecular weight excluding hydrogens is 352 g/mol.